The number of nitrogen functional groups attached to an aromatic ring is 1. The molecule has 1 aromatic carbocycles. The van der Waals surface area contributed by atoms with Gasteiger partial charge < -0.3 is 15.5 Å². The monoisotopic (exact) mass is 261 g/mol. The first-order valence-corrected chi connectivity index (χ1v) is 6.77. The predicted molar refractivity (Wildman–Crippen MR) is 77.9 cm³/mol. The second kappa shape index (κ2) is 5.61. The number of amides is 1. The van der Waals surface area contributed by atoms with Gasteiger partial charge in [-0.15, -0.1) is 0 Å². The molecule has 1 aliphatic carbocycles. The normalized spacial score (nSPS) is 18.2. The highest BCUT2D eigenvalue weighted by atomic mass is 16.2. The van der Waals surface area contributed by atoms with Crippen LogP contribution in [0.3, 0.4) is 0 Å². The van der Waals surface area contributed by atoms with Crippen LogP contribution in [0.2, 0.25) is 0 Å². The fourth-order valence-electron chi connectivity index (χ4n) is 2.75. The van der Waals surface area contributed by atoms with Crippen molar-refractivity contribution in [3.63, 3.8) is 0 Å². The molecule has 0 saturated carbocycles. The molecule has 1 atom stereocenters. The molecule has 2 rings (SSSR count). The van der Waals surface area contributed by atoms with Crippen LogP contribution >= 0.6 is 0 Å². The summed E-state index contributed by atoms with van der Waals surface area (Å²) in [5.74, 6) is 0.158. The van der Waals surface area contributed by atoms with E-state index in [1.807, 2.05) is 43.1 Å². The van der Waals surface area contributed by atoms with Crippen molar-refractivity contribution in [1.29, 1.82) is 0 Å². The molecule has 1 unspecified atom stereocenters. The van der Waals surface area contributed by atoms with E-state index < -0.39 is 0 Å². The van der Waals surface area contributed by atoms with Crippen LogP contribution in [0.25, 0.3) is 0 Å². The summed E-state index contributed by atoms with van der Waals surface area (Å²) in [6, 6.07) is 6.24. The molecule has 0 heterocycles. The second-order valence-corrected chi connectivity index (χ2v) is 5.61. The van der Waals surface area contributed by atoms with Gasteiger partial charge in [-0.2, -0.15) is 0 Å². The number of rotatable bonds is 3. The average Bonchev–Trinajstić information content (AvgIpc) is 2.36. The van der Waals surface area contributed by atoms with Crippen LogP contribution in [0.15, 0.2) is 18.2 Å². The van der Waals surface area contributed by atoms with Gasteiger partial charge in [0.15, 0.2) is 0 Å². The Labute approximate surface area is 115 Å². The lowest BCUT2D eigenvalue weighted by molar-refractivity contribution is -0.133. The van der Waals surface area contributed by atoms with Crippen LogP contribution in [0, 0.1) is 0 Å². The molecule has 0 aliphatic heterocycles. The van der Waals surface area contributed by atoms with E-state index in [9.17, 15) is 4.79 Å². The van der Waals surface area contributed by atoms with Crippen LogP contribution < -0.4 is 5.73 Å². The summed E-state index contributed by atoms with van der Waals surface area (Å²) in [5.41, 5.74) is 9.22. The fraction of sp³-hybridized carbons (Fsp3) is 0.533. The van der Waals surface area contributed by atoms with E-state index in [1.165, 1.54) is 11.1 Å². The average molecular weight is 261 g/mol. The summed E-state index contributed by atoms with van der Waals surface area (Å²) in [7, 11) is 5.73. The molecule has 2 N–H and O–H groups in total. The van der Waals surface area contributed by atoms with Gasteiger partial charge in [0.2, 0.25) is 5.91 Å². The van der Waals surface area contributed by atoms with Gasteiger partial charge in [0.1, 0.15) is 0 Å². The molecule has 1 aliphatic rings. The van der Waals surface area contributed by atoms with E-state index in [2.05, 4.69) is 6.07 Å². The quantitative estimate of drug-likeness (QED) is 0.842. The number of hydrogen-bond donors (Lipinski definition) is 1. The van der Waals surface area contributed by atoms with E-state index >= 15 is 0 Å². The minimum atomic E-state index is 0.158. The third kappa shape index (κ3) is 3.07. The Morgan fingerprint density at radius 2 is 2.11 bits per heavy atom. The van der Waals surface area contributed by atoms with Crippen molar-refractivity contribution in [3.8, 4) is 0 Å². The summed E-state index contributed by atoms with van der Waals surface area (Å²) < 4.78 is 0. The SMILES string of the molecule is CN(C)CC(=O)N(C)C1CCCc2ccc(N)cc21. The highest BCUT2D eigenvalue weighted by molar-refractivity contribution is 5.78. The number of likely N-dealkylation sites (N-methyl/N-ethyl adjacent to an activating group) is 2. The van der Waals surface area contributed by atoms with E-state index in [0.717, 1.165) is 24.9 Å². The first kappa shape index (κ1) is 13.9. The van der Waals surface area contributed by atoms with Gasteiger partial charge >= 0.3 is 0 Å². The number of aryl methyl sites for hydroxylation is 1. The van der Waals surface area contributed by atoms with Crippen LogP contribution in [-0.2, 0) is 11.2 Å². The Morgan fingerprint density at radius 1 is 1.37 bits per heavy atom. The van der Waals surface area contributed by atoms with Crippen LogP contribution in [-0.4, -0.2) is 43.4 Å². The Balaban J connectivity index is 2.23. The molecule has 0 fully saturated rings. The highest BCUT2D eigenvalue weighted by Gasteiger charge is 2.26. The van der Waals surface area contributed by atoms with E-state index in [1.54, 1.807) is 0 Å². The molecule has 0 saturated heterocycles. The molecular formula is C15H23N3O. The van der Waals surface area contributed by atoms with Crippen LogP contribution in [0.5, 0.6) is 0 Å². The van der Waals surface area contributed by atoms with E-state index in [-0.39, 0.29) is 11.9 Å². The third-order valence-electron chi connectivity index (χ3n) is 3.76. The van der Waals surface area contributed by atoms with Crippen molar-refractivity contribution in [2.24, 2.45) is 0 Å². The molecule has 0 aromatic heterocycles. The number of nitrogens with two attached hydrogens (primary N) is 1. The second-order valence-electron chi connectivity index (χ2n) is 5.61. The van der Waals surface area contributed by atoms with Gasteiger partial charge in [0.05, 0.1) is 12.6 Å². The molecule has 1 aromatic rings. The van der Waals surface area contributed by atoms with Gasteiger partial charge in [0.25, 0.3) is 0 Å². The molecule has 19 heavy (non-hydrogen) atoms. The van der Waals surface area contributed by atoms with Crippen molar-refractivity contribution in [2.75, 3.05) is 33.4 Å². The lowest BCUT2D eigenvalue weighted by Gasteiger charge is -2.34. The fourth-order valence-corrected chi connectivity index (χ4v) is 2.75. The summed E-state index contributed by atoms with van der Waals surface area (Å²) in [4.78, 5) is 16.0. The van der Waals surface area contributed by atoms with Crippen molar-refractivity contribution < 1.29 is 4.79 Å². The molecule has 0 spiro atoms. The number of nitrogens with zero attached hydrogens (tertiary/aromatic N) is 2. The molecule has 0 radical (unpaired) electrons. The van der Waals surface area contributed by atoms with Crippen LogP contribution in [0.4, 0.5) is 5.69 Å². The van der Waals surface area contributed by atoms with Gasteiger partial charge in [-0.1, -0.05) is 6.07 Å². The summed E-state index contributed by atoms with van der Waals surface area (Å²) in [6.07, 6.45) is 3.23. The minimum absolute atomic E-state index is 0.158. The number of carbonyl (C=O) groups excluding carboxylic acids is 1. The third-order valence-corrected chi connectivity index (χ3v) is 3.76. The Bertz CT molecular complexity index is 470. The summed E-state index contributed by atoms with van der Waals surface area (Å²) >= 11 is 0. The first-order valence-electron chi connectivity index (χ1n) is 6.77. The van der Waals surface area contributed by atoms with Crippen molar-refractivity contribution in [2.45, 2.75) is 25.3 Å². The number of hydrogen-bond acceptors (Lipinski definition) is 3. The topological polar surface area (TPSA) is 49.6 Å². The predicted octanol–water partition coefficient (Wildman–Crippen LogP) is 1.67. The molecule has 4 heteroatoms. The zero-order valence-corrected chi connectivity index (χ0v) is 12.0. The summed E-state index contributed by atoms with van der Waals surface area (Å²) in [5, 5.41) is 0. The minimum Gasteiger partial charge on any atom is -0.399 e. The Morgan fingerprint density at radius 3 is 2.79 bits per heavy atom. The van der Waals surface area contributed by atoms with Gasteiger partial charge in [0, 0.05) is 12.7 Å². The Hall–Kier alpha value is -1.55. The zero-order valence-electron chi connectivity index (χ0n) is 12.0. The first-order chi connectivity index (χ1) is 8.99. The van der Waals surface area contributed by atoms with Crippen molar-refractivity contribution >= 4 is 11.6 Å². The molecule has 4 nitrogen and oxygen atoms in total. The van der Waals surface area contributed by atoms with E-state index in [4.69, 9.17) is 5.73 Å². The standard InChI is InChI=1S/C15H23N3O/c1-17(2)10-15(19)18(3)14-6-4-5-11-7-8-12(16)9-13(11)14/h7-9,14H,4-6,10,16H2,1-3H3. The molecule has 1 amide bonds. The molecule has 104 valence electrons. The lowest BCUT2D eigenvalue weighted by atomic mass is 9.86. The maximum atomic E-state index is 12.2. The number of anilines is 1. The van der Waals surface area contributed by atoms with Crippen molar-refractivity contribution in [3.05, 3.63) is 29.3 Å². The largest absolute Gasteiger partial charge is 0.399 e. The van der Waals surface area contributed by atoms with Gasteiger partial charge in [-0.3, -0.25) is 4.79 Å². The smallest absolute Gasteiger partial charge is 0.236 e. The maximum absolute atomic E-state index is 12.2. The summed E-state index contributed by atoms with van der Waals surface area (Å²) in [6.45, 7) is 0.449. The number of fused-ring (bicyclic) bond motifs is 1. The van der Waals surface area contributed by atoms with Gasteiger partial charge in [-0.05, 0) is 56.6 Å². The number of benzene rings is 1. The number of carbonyl (C=O) groups is 1. The molecule has 0 bridgehead atoms. The van der Waals surface area contributed by atoms with Crippen LogP contribution in [0.1, 0.15) is 30.0 Å². The maximum Gasteiger partial charge on any atom is 0.236 e. The van der Waals surface area contributed by atoms with Gasteiger partial charge in [-0.25, -0.2) is 0 Å². The molecular weight excluding hydrogens is 238 g/mol. The van der Waals surface area contributed by atoms with Crippen molar-refractivity contribution in [1.82, 2.24) is 9.80 Å². The Kier molecular flexibility index (Phi) is 4.10. The zero-order chi connectivity index (χ0) is 14.0. The van der Waals surface area contributed by atoms with E-state index in [0.29, 0.717) is 6.54 Å². The highest BCUT2D eigenvalue weighted by Crippen LogP contribution is 2.34. The lowest BCUT2D eigenvalue weighted by Crippen LogP contribution is -2.38.